The zero-order valence-electron chi connectivity index (χ0n) is 27.8. The van der Waals surface area contributed by atoms with Crippen molar-refractivity contribution in [3.05, 3.63) is 119 Å². The number of carbonyl (C=O) groups excluding carboxylic acids is 3. The summed E-state index contributed by atoms with van der Waals surface area (Å²) < 4.78 is 17.8. The summed E-state index contributed by atoms with van der Waals surface area (Å²) in [6, 6.07) is 26.3. The maximum Gasteiger partial charge on any atom is 0.265 e. The number of aliphatic hydroxyl groups is 1. The Morgan fingerprint density at radius 1 is 0.860 bits per heavy atom. The molecule has 4 aromatic carbocycles. The molecule has 4 aromatic rings. The molecule has 3 heterocycles. The highest BCUT2D eigenvalue weighted by atomic mass is 16.7. The first-order valence-corrected chi connectivity index (χ1v) is 17.2. The Balaban J connectivity index is 1.36. The number of carbonyl (C=O) groups is 3. The lowest BCUT2D eigenvalue weighted by Crippen LogP contribution is -2.71. The number of hydrogen-bond acceptors (Lipinski definition) is 8. The lowest BCUT2D eigenvalue weighted by molar-refractivity contribution is -0.156. The van der Waals surface area contributed by atoms with Gasteiger partial charge in [0.25, 0.3) is 5.91 Å². The molecule has 3 aliphatic heterocycles. The highest BCUT2D eigenvalue weighted by Gasteiger charge is 2.79. The van der Waals surface area contributed by atoms with E-state index in [1.54, 1.807) is 72.8 Å². The van der Waals surface area contributed by atoms with Gasteiger partial charge in [0.05, 0.1) is 5.56 Å². The van der Waals surface area contributed by atoms with Gasteiger partial charge in [-0.3, -0.25) is 24.6 Å². The molecule has 50 heavy (non-hydrogen) atoms. The molecule has 1 saturated carbocycles. The predicted octanol–water partition coefficient (Wildman–Crippen LogP) is 5.15. The number of para-hydroxylation sites is 1. The van der Waals surface area contributed by atoms with Gasteiger partial charge < -0.3 is 24.6 Å². The second-order valence-corrected chi connectivity index (χ2v) is 13.6. The van der Waals surface area contributed by atoms with Crippen molar-refractivity contribution in [3.63, 3.8) is 0 Å². The number of fused-ring (bicyclic) bond motifs is 2. The third-order valence-electron chi connectivity index (χ3n) is 10.6. The summed E-state index contributed by atoms with van der Waals surface area (Å²) in [4.78, 5) is 47.2. The van der Waals surface area contributed by atoms with Gasteiger partial charge in [0.15, 0.2) is 34.5 Å². The van der Waals surface area contributed by atoms with Crippen LogP contribution in [0.1, 0.15) is 59.2 Å². The number of nitrogens with one attached hydrogen (secondary N) is 2. The molecule has 3 N–H and O–H groups in total. The normalized spacial score (nSPS) is 25.8. The zero-order chi connectivity index (χ0) is 34.5. The van der Waals surface area contributed by atoms with E-state index in [1.807, 2.05) is 31.2 Å². The smallest absolute Gasteiger partial charge is 0.265 e. The topological polar surface area (TPSA) is 126 Å². The first-order chi connectivity index (χ1) is 24.3. The second kappa shape index (κ2) is 12.6. The van der Waals surface area contributed by atoms with Crippen LogP contribution in [-0.4, -0.2) is 47.8 Å². The Morgan fingerprint density at radius 3 is 2.32 bits per heavy atom. The highest BCUT2D eigenvalue weighted by molar-refractivity contribution is 6.20. The number of amides is 2. The van der Waals surface area contributed by atoms with Crippen LogP contribution < -0.4 is 29.7 Å². The van der Waals surface area contributed by atoms with Gasteiger partial charge in [-0.15, -0.1) is 0 Å². The highest BCUT2D eigenvalue weighted by Crippen LogP contribution is 2.59. The summed E-state index contributed by atoms with van der Waals surface area (Å²) in [5.41, 5.74) is -2.41. The summed E-state index contributed by atoms with van der Waals surface area (Å²) in [6.45, 7) is 2.13. The molecular weight excluding hydrogens is 634 g/mol. The predicted molar refractivity (Wildman–Crippen MR) is 185 cm³/mol. The van der Waals surface area contributed by atoms with E-state index in [0.29, 0.717) is 22.9 Å². The number of aryl methyl sites for hydroxylation is 1. The molecule has 0 radical (unpaired) electrons. The minimum atomic E-state index is -2.54. The summed E-state index contributed by atoms with van der Waals surface area (Å²) in [5, 5.41) is 20.0. The second-order valence-electron chi connectivity index (χ2n) is 13.6. The van der Waals surface area contributed by atoms with Crippen LogP contribution in [0.15, 0.2) is 97.1 Å². The summed E-state index contributed by atoms with van der Waals surface area (Å²) in [6.07, 6.45) is 3.23. The number of ether oxygens (including phenoxy) is 3. The maximum absolute atomic E-state index is 15.6. The third kappa shape index (κ3) is 4.96. The molecule has 4 aliphatic rings. The van der Waals surface area contributed by atoms with E-state index in [-0.39, 0.29) is 30.5 Å². The lowest BCUT2D eigenvalue weighted by Gasteiger charge is -2.49. The van der Waals surface area contributed by atoms with Crippen LogP contribution in [0.25, 0.3) is 0 Å². The van der Waals surface area contributed by atoms with E-state index < -0.39 is 40.9 Å². The van der Waals surface area contributed by atoms with Crippen molar-refractivity contribution >= 4 is 23.3 Å². The Morgan fingerprint density at radius 2 is 1.56 bits per heavy atom. The largest absolute Gasteiger partial charge is 0.473 e. The van der Waals surface area contributed by atoms with Crippen LogP contribution in [0.5, 0.6) is 17.2 Å². The van der Waals surface area contributed by atoms with Crippen molar-refractivity contribution in [2.24, 2.45) is 5.41 Å². The molecule has 1 aliphatic carbocycles. The van der Waals surface area contributed by atoms with E-state index in [4.69, 9.17) is 14.2 Å². The van der Waals surface area contributed by atoms with Gasteiger partial charge in [-0.2, -0.15) is 0 Å². The van der Waals surface area contributed by atoms with Crippen LogP contribution in [0.2, 0.25) is 0 Å². The Kier molecular flexibility index (Phi) is 8.08. The molecular formula is C40H39N3O7. The van der Waals surface area contributed by atoms with Crippen molar-refractivity contribution in [3.8, 4) is 17.2 Å². The van der Waals surface area contributed by atoms with Crippen LogP contribution >= 0.6 is 0 Å². The Bertz CT molecular complexity index is 1950. The molecule has 10 heteroatoms. The fourth-order valence-electron chi connectivity index (χ4n) is 8.19. The monoisotopic (exact) mass is 673 g/mol. The van der Waals surface area contributed by atoms with Gasteiger partial charge in [0.2, 0.25) is 12.7 Å². The summed E-state index contributed by atoms with van der Waals surface area (Å²) in [5.74, 6) is -0.381. The van der Waals surface area contributed by atoms with Gasteiger partial charge in [-0.05, 0) is 67.3 Å². The van der Waals surface area contributed by atoms with Crippen LogP contribution in [0, 0.1) is 12.3 Å². The number of rotatable bonds is 7. The summed E-state index contributed by atoms with van der Waals surface area (Å²) in [7, 11) is 0. The van der Waals surface area contributed by atoms with E-state index in [1.165, 1.54) is 4.90 Å². The summed E-state index contributed by atoms with van der Waals surface area (Å²) >= 11 is 0. The number of benzene rings is 4. The number of ketones is 1. The molecule has 0 bridgehead atoms. The number of Topliss-reactive ketones (excluding diaryl/α,β-unsaturated/α-hetero) is 1. The minimum Gasteiger partial charge on any atom is -0.473 e. The molecule has 2 fully saturated rings. The first-order valence-electron chi connectivity index (χ1n) is 17.2. The first kappa shape index (κ1) is 32.0. The Hall–Kier alpha value is -5.19. The molecule has 1 saturated heterocycles. The third-order valence-corrected chi connectivity index (χ3v) is 10.6. The number of anilines is 1. The standard InChI is InChI=1S/C40H39N3O7/c1-25-17-19-31-30(21-25)35(44)39(37(50-31)41-23-26-18-20-32-33(22-26)49-24-48-32)34(36(45)42-28-13-7-3-8-14-28)43(29-15-9-4-10-16-29)38(46)40(39,47)27-11-5-2-6-12-27/h2,4-6,9-12,15-22,28,34,37,41,47H,3,7-8,13-14,23-24H2,1H3,(H,42,45)/t34-,37+,39+,40-/m1/s1. The molecule has 1 spiro atoms. The van der Waals surface area contributed by atoms with Gasteiger partial charge >= 0.3 is 0 Å². The molecule has 0 unspecified atom stereocenters. The average molecular weight is 674 g/mol. The molecule has 256 valence electrons. The van der Waals surface area contributed by atoms with Gasteiger partial charge in [-0.1, -0.05) is 85.5 Å². The number of hydrogen-bond donors (Lipinski definition) is 3. The van der Waals surface area contributed by atoms with Crippen molar-refractivity contribution in [1.82, 2.24) is 10.6 Å². The van der Waals surface area contributed by atoms with Gasteiger partial charge in [-0.25, -0.2) is 0 Å². The molecule has 2 amide bonds. The van der Waals surface area contributed by atoms with E-state index >= 15 is 14.4 Å². The lowest BCUT2D eigenvalue weighted by atomic mass is 9.60. The van der Waals surface area contributed by atoms with Gasteiger partial charge in [0.1, 0.15) is 11.8 Å². The van der Waals surface area contributed by atoms with Crippen molar-refractivity contribution in [1.29, 1.82) is 0 Å². The van der Waals surface area contributed by atoms with Crippen LogP contribution in [-0.2, 0) is 21.7 Å². The van der Waals surface area contributed by atoms with Gasteiger partial charge in [0, 0.05) is 18.3 Å². The van der Waals surface area contributed by atoms with E-state index in [9.17, 15) is 5.11 Å². The number of nitrogens with zero attached hydrogens (tertiary/aromatic N) is 1. The quantitative estimate of drug-likeness (QED) is 0.246. The molecule has 4 atom stereocenters. The fourth-order valence-corrected chi connectivity index (χ4v) is 8.19. The SMILES string of the molecule is Cc1ccc2c(c1)C(=O)[C@]1([C@@H](NCc3ccc4c(c3)OCO4)O2)[C@@H](C(=O)NC2CCCCC2)N(c2ccccc2)C(=O)[C@]1(O)c1ccccc1. The molecule has 8 rings (SSSR count). The average Bonchev–Trinajstić information content (AvgIpc) is 3.70. The zero-order valence-corrected chi connectivity index (χ0v) is 27.8. The van der Waals surface area contributed by atoms with Crippen LogP contribution in [0.4, 0.5) is 5.69 Å². The molecule has 10 nitrogen and oxygen atoms in total. The maximum atomic E-state index is 15.6. The van der Waals surface area contributed by atoms with E-state index in [2.05, 4.69) is 10.6 Å². The van der Waals surface area contributed by atoms with Crippen molar-refractivity contribution in [2.75, 3.05) is 11.7 Å². The molecule has 0 aromatic heterocycles. The van der Waals surface area contributed by atoms with E-state index in [0.717, 1.165) is 43.2 Å². The minimum absolute atomic E-state index is 0.116. The fraction of sp³-hybridized carbons (Fsp3) is 0.325. The van der Waals surface area contributed by atoms with Crippen molar-refractivity contribution < 1.29 is 33.7 Å². The van der Waals surface area contributed by atoms with Crippen molar-refractivity contribution in [2.45, 2.75) is 69.5 Å². The van der Waals surface area contributed by atoms with Crippen LogP contribution in [0.3, 0.4) is 0 Å². The Labute approximate surface area is 290 Å².